The molecule has 2 aromatic carbocycles. The average Bonchev–Trinajstić information content (AvgIpc) is 3.40. The maximum atomic E-state index is 14.4. The van der Waals surface area contributed by atoms with Gasteiger partial charge in [0, 0.05) is 18.7 Å². The maximum absolute atomic E-state index is 14.4. The van der Waals surface area contributed by atoms with Crippen LogP contribution >= 0.6 is 0 Å². The Labute approximate surface area is 221 Å². The van der Waals surface area contributed by atoms with Crippen molar-refractivity contribution in [3.8, 4) is 17.3 Å². The zero-order valence-electron chi connectivity index (χ0n) is 21.0. The van der Waals surface area contributed by atoms with Crippen LogP contribution in [-0.2, 0) is 21.5 Å². The van der Waals surface area contributed by atoms with Crippen LogP contribution in [0.25, 0.3) is 22.6 Å². The van der Waals surface area contributed by atoms with E-state index in [9.17, 15) is 14.0 Å². The van der Waals surface area contributed by atoms with Crippen LogP contribution in [0, 0.1) is 5.82 Å². The number of rotatable bonds is 5. The highest BCUT2D eigenvalue weighted by Gasteiger charge is 2.47. The van der Waals surface area contributed by atoms with E-state index in [1.54, 1.807) is 66.3 Å². The fourth-order valence-electron chi connectivity index (χ4n) is 4.88. The van der Waals surface area contributed by atoms with Crippen LogP contribution in [0.3, 0.4) is 0 Å². The number of halogens is 1. The Morgan fingerprint density at radius 3 is 2.62 bits per heavy atom. The normalized spacial score (nSPS) is 16.2. The van der Waals surface area contributed by atoms with Crippen molar-refractivity contribution < 1.29 is 18.7 Å². The van der Waals surface area contributed by atoms with Crippen molar-refractivity contribution in [2.75, 3.05) is 11.1 Å². The molecule has 1 amide bonds. The second-order valence-corrected chi connectivity index (χ2v) is 9.33. The molecule has 3 N–H and O–H groups in total. The first-order valence-corrected chi connectivity index (χ1v) is 12.1. The highest BCUT2D eigenvalue weighted by Crippen LogP contribution is 2.45. The molecule has 194 valence electrons. The first-order valence-electron chi connectivity index (χ1n) is 12.1. The van der Waals surface area contributed by atoms with Gasteiger partial charge in [-0.15, -0.1) is 0 Å². The van der Waals surface area contributed by atoms with E-state index in [-0.39, 0.29) is 35.7 Å². The summed E-state index contributed by atoms with van der Waals surface area (Å²) in [6.45, 7) is 3.20. The van der Waals surface area contributed by atoms with E-state index in [1.807, 2.05) is 6.07 Å². The van der Waals surface area contributed by atoms with Crippen molar-refractivity contribution in [1.82, 2.24) is 24.7 Å². The van der Waals surface area contributed by atoms with Crippen LogP contribution in [0.2, 0.25) is 0 Å². The predicted molar refractivity (Wildman–Crippen MR) is 141 cm³/mol. The van der Waals surface area contributed by atoms with E-state index in [1.165, 1.54) is 13.0 Å². The van der Waals surface area contributed by atoms with Crippen molar-refractivity contribution in [2.45, 2.75) is 25.8 Å². The lowest BCUT2D eigenvalue weighted by Gasteiger charge is -2.23. The van der Waals surface area contributed by atoms with Gasteiger partial charge < -0.3 is 15.8 Å². The van der Waals surface area contributed by atoms with Gasteiger partial charge in [0.15, 0.2) is 11.5 Å². The molecule has 0 radical (unpaired) electrons. The average molecular weight is 524 g/mol. The number of esters is 1. The molecule has 0 saturated heterocycles. The zero-order chi connectivity index (χ0) is 27.3. The number of aromatic nitrogens is 5. The number of nitrogens with two attached hydrogens (primary N) is 1. The fraction of sp³-hybridized carbons (Fsp3) is 0.143. The van der Waals surface area contributed by atoms with E-state index in [4.69, 9.17) is 10.5 Å². The molecule has 10 nitrogen and oxygen atoms in total. The summed E-state index contributed by atoms with van der Waals surface area (Å²) < 4.78 is 21.1. The summed E-state index contributed by atoms with van der Waals surface area (Å²) in [7, 11) is 0. The van der Waals surface area contributed by atoms with Crippen molar-refractivity contribution in [1.29, 1.82) is 0 Å². The second kappa shape index (κ2) is 8.98. The van der Waals surface area contributed by atoms with Crippen LogP contribution in [0.5, 0.6) is 5.75 Å². The number of benzene rings is 2. The lowest BCUT2D eigenvalue weighted by atomic mass is 9.78. The van der Waals surface area contributed by atoms with Crippen LogP contribution in [0.1, 0.15) is 30.5 Å². The van der Waals surface area contributed by atoms with E-state index in [0.717, 1.165) is 0 Å². The van der Waals surface area contributed by atoms with Gasteiger partial charge in [0.1, 0.15) is 34.3 Å². The van der Waals surface area contributed by atoms with Crippen molar-refractivity contribution >= 4 is 34.5 Å². The molecule has 5 aromatic rings. The highest BCUT2D eigenvalue weighted by molar-refractivity contribution is 6.09. The maximum Gasteiger partial charge on any atom is 0.308 e. The van der Waals surface area contributed by atoms with E-state index < -0.39 is 11.4 Å². The molecule has 0 unspecified atom stereocenters. The van der Waals surface area contributed by atoms with Gasteiger partial charge in [0.25, 0.3) is 0 Å². The van der Waals surface area contributed by atoms with Crippen molar-refractivity contribution in [3.63, 3.8) is 0 Å². The molecule has 4 heterocycles. The molecular formula is C28H22FN7O3. The Bertz CT molecular complexity index is 1780. The van der Waals surface area contributed by atoms with Crippen LogP contribution in [0.4, 0.5) is 16.0 Å². The first kappa shape index (κ1) is 24.2. The Hall–Kier alpha value is -5.19. The molecule has 0 aliphatic carbocycles. The van der Waals surface area contributed by atoms with E-state index in [0.29, 0.717) is 39.2 Å². The quantitative estimate of drug-likeness (QED) is 0.262. The fourth-order valence-corrected chi connectivity index (χ4v) is 4.88. The number of nitrogens with one attached hydrogen (secondary N) is 1. The highest BCUT2D eigenvalue weighted by atomic mass is 19.1. The topological polar surface area (TPSA) is 138 Å². The van der Waals surface area contributed by atoms with Crippen LogP contribution in [-0.4, -0.2) is 36.6 Å². The number of nitrogen functional groups attached to an aromatic ring is 1. The molecule has 1 atom stereocenters. The molecule has 39 heavy (non-hydrogen) atoms. The molecule has 1 aliphatic rings. The summed E-state index contributed by atoms with van der Waals surface area (Å²) in [5.41, 5.74) is 7.73. The van der Waals surface area contributed by atoms with E-state index >= 15 is 0 Å². The zero-order valence-corrected chi connectivity index (χ0v) is 21.0. The Kier molecular flexibility index (Phi) is 5.56. The van der Waals surface area contributed by atoms with Gasteiger partial charge in [-0.2, -0.15) is 5.10 Å². The van der Waals surface area contributed by atoms with Crippen LogP contribution < -0.4 is 15.8 Å². The molecule has 0 bridgehead atoms. The molecule has 1 aliphatic heterocycles. The van der Waals surface area contributed by atoms with Gasteiger partial charge in [-0.05, 0) is 42.8 Å². The number of carbonyl (C=O) groups is 2. The van der Waals surface area contributed by atoms with Gasteiger partial charge in [0.2, 0.25) is 5.91 Å². The Morgan fingerprint density at radius 1 is 1.10 bits per heavy atom. The molecule has 6 rings (SSSR count). The number of pyridine rings is 1. The lowest BCUT2D eigenvalue weighted by Crippen LogP contribution is -2.32. The molecule has 11 heteroatoms. The number of hydrogen-bond donors (Lipinski definition) is 2. The smallest absolute Gasteiger partial charge is 0.308 e. The third kappa shape index (κ3) is 3.95. The molecule has 0 saturated carbocycles. The number of carbonyl (C=O) groups excluding carboxylic acids is 2. The minimum absolute atomic E-state index is 0.112. The molecule has 0 fully saturated rings. The largest absolute Gasteiger partial charge is 0.427 e. The third-order valence-corrected chi connectivity index (χ3v) is 6.81. The minimum atomic E-state index is -1.18. The lowest BCUT2D eigenvalue weighted by molar-refractivity contribution is -0.131. The summed E-state index contributed by atoms with van der Waals surface area (Å²) >= 11 is 0. The standard InChI is InChI=1S/C28H22FN7O3/c1-15(37)39-18-11-9-17(10-12-18)28(2)21-23(30)32-25(33-24(21)34-27(28)38)22-19-7-5-13-31-26(19)36(35-22)14-16-6-3-4-8-20(16)29/h3-13H,14H2,1-2H3,(H3,30,32,33,34,38)/t28-/m1/s1. The second-order valence-electron chi connectivity index (χ2n) is 9.33. The first-order chi connectivity index (χ1) is 18.8. The SMILES string of the molecule is CC(=O)Oc1ccc([C@@]2(C)C(=O)Nc3nc(-c4nn(Cc5ccccc5F)c5ncccc45)nc(N)c32)cc1. The number of anilines is 2. The number of ether oxygens (including phenoxy) is 1. The number of nitrogens with zero attached hydrogens (tertiary/aromatic N) is 5. The Balaban J connectivity index is 1.43. The summed E-state index contributed by atoms with van der Waals surface area (Å²) in [6, 6.07) is 16.7. The van der Waals surface area contributed by atoms with Gasteiger partial charge in [-0.1, -0.05) is 30.3 Å². The summed E-state index contributed by atoms with van der Waals surface area (Å²) in [4.78, 5) is 38.2. The number of amides is 1. The van der Waals surface area contributed by atoms with Crippen molar-refractivity contribution in [3.05, 3.63) is 89.4 Å². The van der Waals surface area contributed by atoms with Gasteiger partial charge in [-0.3, -0.25) is 9.59 Å². The summed E-state index contributed by atoms with van der Waals surface area (Å²) in [6.07, 6.45) is 1.63. The van der Waals surface area contributed by atoms with Gasteiger partial charge in [0.05, 0.1) is 17.5 Å². The van der Waals surface area contributed by atoms with Crippen molar-refractivity contribution in [2.24, 2.45) is 0 Å². The van der Waals surface area contributed by atoms with E-state index in [2.05, 4.69) is 25.4 Å². The van der Waals surface area contributed by atoms with Gasteiger partial charge in [-0.25, -0.2) is 24.0 Å². The molecule has 3 aromatic heterocycles. The predicted octanol–water partition coefficient (Wildman–Crippen LogP) is 3.84. The summed E-state index contributed by atoms with van der Waals surface area (Å²) in [5, 5.41) is 8.15. The Morgan fingerprint density at radius 2 is 1.87 bits per heavy atom. The summed E-state index contributed by atoms with van der Waals surface area (Å²) in [5.74, 6) is -0.171. The van der Waals surface area contributed by atoms with Crippen LogP contribution in [0.15, 0.2) is 66.9 Å². The monoisotopic (exact) mass is 523 g/mol. The number of hydrogen-bond acceptors (Lipinski definition) is 8. The minimum Gasteiger partial charge on any atom is -0.427 e. The molecule has 0 spiro atoms. The number of fused-ring (bicyclic) bond motifs is 2. The third-order valence-electron chi connectivity index (χ3n) is 6.81. The molecular weight excluding hydrogens is 501 g/mol. The van der Waals surface area contributed by atoms with Gasteiger partial charge >= 0.3 is 5.97 Å².